The summed E-state index contributed by atoms with van der Waals surface area (Å²) in [6, 6.07) is 27.6. The van der Waals surface area contributed by atoms with Gasteiger partial charge in [-0.1, -0.05) is 72.8 Å². The van der Waals surface area contributed by atoms with Gasteiger partial charge >= 0.3 is 0 Å². The number of benzene rings is 1. The van der Waals surface area contributed by atoms with Crippen molar-refractivity contribution in [2.75, 3.05) is 0 Å². The van der Waals surface area contributed by atoms with Crippen molar-refractivity contribution in [1.29, 1.82) is 10.5 Å². The predicted octanol–water partition coefficient (Wildman–Crippen LogP) is 4.64. The van der Waals surface area contributed by atoms with Crippen LogP contribution in [0.15, 0.2) is 78.4 Å². The normalized spacial score (nSPS) is 9.73. The maximum Gasteiger partial charge on any atom is 0.138 e. The minimum absolute atomic E-state index is 0.130. The molecule has 2 heteroatoms. The average Bonchev–Trinajstić information content (AvgIpc) is 2.81. The first kappa shape index (κ1) is 13.6. The molecule has 0 bridgehead atoms. The first-order valence-corrected chi connectivity index (χ1v) is 6.93. The lowest BCUT2D eigenvalue weighted by molar-refractivity contribution is 1.45. The minimum atomic E-state index is 0.130. The second-order valence-electron chi connectivity index (χ2n) is 4.87. The monoisotopic (exact) mass is 280 g/mol. The molecule has 0 amide bonds. The van der Waals surface area contributed by atoms with Crippen molar-refractivity contribution >= 4 is 5.57 Å². The van der Waals surface area contributed by atoms with E-state index in [0.29, 0.717) is 5.57 Å². The highest BCUT2D eigenvalue weighted by atomic mass is 14.3. The van der Waals surface area contributed by atoms with Crippen LogP contribution in [0.25, 0.3) is 16.7 Å². The Kier molecular flexibility index (Phi) is 3.69. The van der Waals surface area contributed by atoms with Gasteiger partial charge in [-0.2, -0.15) is 10.5 Å². The van der Waals surface area contributed by atoms with Gasteiger partial charge in [0.1, 0.15) is 17.7 Å². The summed E-state index contributed by atoms with van der Waals surface area (Å²) >= 11 is 0. The standard InChI is InChI=1S/C20H12N2/c21-13-17(14-22)20(16-8-4-1-5-9-16)19-12-11-15-7-3-2-6-10-18(15)19/h1-12H. The minimum Gasteiger partial charge on any atom is -0.192 e. The molecular weight excluding hydrogens is 268 g/mol. The molecule has 1 aromatic rings. The van der Waals surface area contributed by atoms with Crippen LogP contribution in [0.1, 0.15) is 11.1 Å². The van der Waals surface area contributed by atoms with Crippen molar-refractivity contribution in [2.24, 2.45) is 0 Å². The molecule has 2 aliphatic carbocycles. The topological polar surface area (TPSA) is 47.6 Å². The zero-order chi connectivity index (χ0) is 15.4. The van der Waals surface area contributed by atoms with E-state index >= 15 is 0 Å². The quantitative estimate of drug-likeness (QED) is 0.642. The number of nitriles is 2. The summed E-state index contributed by atoms with van der Waals surface area (Å²) in [6.07, 6.45) is 0. The Bertz CT molecular complexity index is 877. The Morgan fingerprint density at radius 2 is 1.32 bits per heavy atom. The van der Waals surface area contributed by atoms with Gasteiger partial charge in [0.25, 0.3) is 0 Å². The predicted molar refractivity (Wildman–Crippen MR) is 86.8 cm³/mol. The lowest BCUT2D eigenvalue weighted by Gasteiger charge is -2.09. The van der Waals surface area contributed by atoms with Crippen LogP contribution in [0.2, 0.25) is 0 Å². The van der Waals surface area contributed by atoms with E-state index in [0.717, 1.165) is 22.3 Å². The van der Waals surface area contributed by atoms with Gasteiger partial charge in [-0.15, -0.1) is 0 Å². The maximum atomic E-state index is 9.35. The van der Waals surface area contributed by atoms with Gasteiger partial charge < -0.3 is 0 Å². The van der Waals surface area contributed by atoms with Crippen molar-refractivity contribution in [2.45, 2.75) is 0 Å². The highest BCUT2D eigenvalue weighted by Crippen LogP contribution is 2.36. The van der Waals surface area contributed by atoms with Gasteiger partial charge in [0.05, 0.1) is 0 Å². The van der Waals surface area contributed by atoms with E-state index in [1.807, 2.05) is 84.9 Å². The molecular formula is C20H12N2. The summed E-state index contributed by atoms with van der Waals surface area (Å²) in [5.41, 5.74) is 4.72. The van der Waals surface area contributed by atoms with Gasteiger partial charge in [0.2, 0.25) is 0 Å². The third-order valence-corrected chi connectivity index (χ3v) is 3.60. The van der Waals surface area contributed by atoms with E-state index in [4.69, 9.17) is 0 Å². The smallest absolute Gasteiger partial charge is 0.138 e. The summed E-state index contributed by atoms with van der Waals surface area (Å²) in [5.74, 6) is 0. The first-order valence-electron chi connectivity index (χ1n) is 6.93. The van der Waals surface area contributed by atoms with E-state index in [1.54, 1.807) is 0 Å². The number of allylic oxidation sites excluding steroid dienone is 1. The maximum absolute atomic E-state index is 9.35. The van der Waals surface area contributed by atoms with E-state index in [1.165, 1.54) is 0 Å². The lowest BCUT2D eigenvalue weighted by atomic mass is 9.92. The highest BCUT2D eigenvalue weighted by molar-refractivity contribution is 5.94. The van der Waals surface area contributed by atoms with Gasteiger partial charge in [0.15, 0.2) is 0 Å². The molecule has 1 aromatic carbocycles. The van der Waals surface area contributed by atoms with Crippen LogP contribution >= 0.6 is 0 Å². The Hall–Kier alpha value is -3.36. The van der Waals surface area contributed by atoms with Gasteiger partial charge in [-0.3, -0.25) is 0 Å². The summed E-state index contributed by atoms with van der Waals surface area (Å²) in [6.45, 7) is 0. The fourth-order valence-electron chi connectivity index (χ4n) is 2.61. The van der Waals surface area contributed by atoms with Crippen molar-refractivity contribution in [3.63, 3.8) is 0 Å². The van der Waals surface area contributed by atoms with Crippen molar-refractivity contribution in [1.82, 2.24) is 0 Å². The molecule has 0 fully saturated rings. The SMILES string of the molecule is N#CC(C#N)=C(c1ccccc1)c1ccc2cccccc1-2. The number of fused-ring (bicyclic) bond motifs is 1. The zero-order valence-corrected chi connectivity index (χ0v) is 11.8. The van der Waals surface area contributed by atoms with E-state index in [2.05, 4.69) is 0 Å². The van der Waals surface area contributed by atoms with Crippen LogP contribution in [0.5, 0.6) is 0 Å². The van der Waals surface area contributed by atoms with E-state index in [9.17, 15) is 10.5 Å². The van der Waals surface area contributed by atoms with Crippen molar-refractivity contribution in [3.05, 3.63) is 89.5 Å². The summed E-state index contributed by atoms with van der Waals surface area (Å²) < 4.78 is 0. The molecule has 0 heterocycles. The Morgan fingerprint density at radius 3 is 2.00 bits per heavy atom. The second kappa shape index (κ2) is 5.95. The molecule has 22 heavy (non-hydrogen) atoms. The molecule has 0 spiro atoms. The molecule has 0 radical (unpaired) electrons. The second-order valence-corrected chi connectivity index (χ2v) is 4.87. The molecule has 0 N–H and O–H groups in total. The number of hydrogen-bond donors (Lipinski definition) is 0. The zero-order valence-electron chi connectivity index (χ0n) is 11.8. The van der Waals surface area contributed by atoms with Crippen LogP contribution in [-0.2, 0) is 0 Å². The number of nitrogens with zero attached hydrogens (tertiary/aromatic N) is 2. The fraction of sp³-hybridized carbons (Fsp3) is 0. The highest BCUT2D eigenvalue weighted by Gasteiger charge is 2.17. The van der Waals surface area contributed by atoms with Crippen LogP contribution in [0.4, 0.5) is 0 Å². The molecule has 0 unspecified atom stereocenters. The Balaban J connectivity index is 2.32. The average molecular weight is 280 g/mol. The van der Waals surface area contributed by atoms with Crippen LogP contribution in [0.3, 0.4) is 0 Å². The Labute approximate surface area is 129 Å². The van der Waals surface area contributed by atoms with Crippen molar-refractivity contribution in [3.8, 4) is 23.3 Å². The van der Waals surface area contributed by atoms with Crippen molar-refractivity contribution < 1.29 is 0 Å². The van der Waals surface area contributed by atoms with Gasteiger partial charge in [0, 0.05) is 5.57 Å². The van der Waals surface area contributed by atoms with E-state index < -0.39 is 0 Å². The summed E-state index contributed by atoms with van der Waals surface area (Å²) in [5, 5.41) is 18.7. The fourth-order valence-corrected chi connectivity index (χ4v) is 2.61. The molecule has 2 aliphatic rings. The number of rotatable bonds is 2. The third-order valence-electron chi connectivity index (χ3n) is 3.60. The molecule has 0 aliphatic heterocycles. The molecule has 0 aromatic heterocycles. The number of hydrogen-bond acceptors (Lipinski definition) is 2. The molecule has 0 saturated carbocycles. The first-order chi connectivity index (χ1) is 10.8. The largest absolute Gasteiger partial charge is 0.192 e. The third kappa shape index (κ3) is 2.35. The van der Waals surface area contributed by atoms with E-state index in [-0.39, 0.29) is 5.57 Å². The molecule has 2 nitrogen and oxygen atoms in total. The lowest BCUT2D eigenvalue weighted by Crippen LogP contribution is -1.92. The van der Waals surface area contributed by atoms with Gasteiger partial charge in [-0.25, -0.2) is 0 Å². The van der Waals surface area contributed by atoms with Gasteiger partial charge in [-0.05, 0) is 22.3 Å². The molecule has 0 atom stereocenters. The molecule has 102 valence electrons. The summed E-state index contributed by atoms with van der Waals surface area (Å²) in [7, 11) is 0. The Morgan fingerprint density at radius 1 is 0.682 bits per heavy atom. The summed E-state index contributed by atoms with van der Waals surface area (Å²) in [4.78, 5) is 0. The molecule has 3 rings (SSSR count). The molecule has 0 saturated heterocycles. The van der Waals surface area contributed by atoms with Crippen LogP contribution in [-0.4, -0.2) is 0 Å². The van der Waals surface area contributed by atoms with Crippen LogP contribution < -0.4 is 0 Å². The van der Waals surface area contributed by atoms with Crippen LogP contribution in [0, 0.1) is 22.7 Å².